The first-order valence-electron chi connectivity index (χ1n) is 9.15. The van der Waals surface area contributed by atoms with E-state index in [0.717, 1.165) is 4.88 Å². The third-order valence-electron chi connectivity index (χ3n) is 4.36. The van der Waals surface area contributed by atoms with Crippen LogP contribution in [0.15, 0.2) is 40.7 Å². The summed E-state index contributed by atoms with van der Waals surface area (Å²) in [5.41, 5.74) is -1.07. The molecule has 0 saturated heterocycles. The Hall–Kier alpha value is -2.03. The number of aliphatic imine (C=N–C) groups is 1. The minimum absolute atomic E-state index is 0.0152. The summed E-state index contributed by atoms with van der Waals surface area (Å²) in [5.74, 6) is -0.686. The van der Waals surface area contributed by atoms with Crippen molar-refractivity contribution in [1.82, 2.24) is 15.5 Å². The highest BCUT2D eigenvalue weighted by Gasteiger charge is 2.25. The normalized spacial score (nSPS) is 15.4. The molecule has 0 amide bonds. The highest BCUT2D eigenvalue weighted by Crippen LogP contribution is 2.26. The standard InChI is InChI=1S/C20H28F2N4OS/c1-5-23-19(25-13-20(2,27)17-10-7-11-28-17)24-12-16(26(3)4)18-14(21)8-6-9-15(18)22/h6-11,16,27H,5,12-13H2,1-4H3,(H2,23,24,25). The average molecular weight is 411 g/mol. The number of likely N-dealkylation sites (N-methyl/N-ethyl adjacent to an activating group) is 1. The summed E-state index contributed by atoms with van der Waals surface area (Å²) < 4.78 is 28.4. The van der Waals surface area contributed by atoms with E-state index in [4.69, 9.17) is 0 Å². The molecule has 2 atom stereocenters. The topological polar surface area (TPSA) is 59.9 Å². The molecule has 0 saturated carbocycles. The van der Waals surface area contributed by atoms with Gasteiger partial charge < -0.3 is 20.6 Å². The number of halogens is 2. The molecule has 2 rings (SSSR count). The molecule has 0 aliphatic carbocycles. The van der Waals surface area contributed by atoms with Crippen molar-refractivity contribution in [3.63, 3.8) is 0 Å². The Kier molecular flexibility index (Phi) is 7.91. The SMILES string of the molecule is CCNC(=NCC(C)(O)c1cccs1)NCC(c1c(F)cccc1F)N(C)C. The van der Waals surface area contributed by atoms with E-state index in [1.54, 1.807) is 25.9 Å². The van der Waals surface area contributed by atoms with E-state index in [1.807, 2.05) is 24.4 Å². The van der Waals surface area contributed by atoms with Gasteiger partial charge in [0.25, 0.3) is 0 Å². The molecule has 1 aromatic carbocycles. The van der Waals surface area contributed by atoms with Gasteiger partial charge in [0.1, 0.15) is 17.2 Å². The molecule has 3 N–H and O–H groups in total. The Bertz CT molecular complexity index is 758. The van der Waals surface area contributed by atoms with Gasteiger partial charge in [0.2, 0.25) is 0 Å². The van der Waals surface area contributed by atoms with Crippen LogP contribution >= 0.6 is 11.3 Å². The summed E-state index contributed by atoms with van der Waals surface area (Å²) in [7, 11) is 3.54. The van der Waals surface area contributed by atoms with Crippen molar-refractivity contribution >= 4 is 17.3 Å². The van der Waals surface area contributed by atoms with Gasteiger partial charge in [-0.1, -0.05) is 12.1 Å². The summed E-state index contributed by atoms with van der Waals surface area (Å²) >= 11 is 1.47. The zero-order valence-electron chi connectivity index (χ0n) is 16.7. The van der Waals surface area contributed by atoms with Crippen molar-refractivity contribution in [3.05, 3.63) is 57.8 Å². The predicted molar refractivity (Wildman–Crippen MR) is 111 cm³/mol. The number of thiophene rings is 1. The summed E-state index contributed by atoms with van der Waals surface area (Å²) in [5, 5.41) is 18.8. The van der Waals surface area contributed by atoms with Crippen molar-refractivity contribution in [3.8, 4) is 0 Å². The Morgan fingerprint density at radius 2 is 1.89 bits per heavy atom. The van der Waals surface area contributed by atoms with Crippen LogP contribution in [0, 0.1) is 11.6 Å². The highest BCUT2D eigenvalue weighted by molar-refractivity contribution is 7.10. The van der Waals surface area contributed by atoms with Crippen molar-refractivity contribution in [2.24, 2.45) is 4.99 Å². The third-order valence-corrected chi connectivity index (χ3v) is 5.48. The monoisotopic (exact) mass is 410 g/mol. The predicted octanol–water partition coefficient (Wildman–Crippen LogP) is 3.09. The lowest BCUT2D eigenvalue weighted by atomic mass is 10.0. The van der Waals surface area contributed by atoms with Crippen LogP contribution < -0.4 is 10.6 Å². The van der Waals surface area contributed by atoms with Gasteiger partial charge in [-0.2, -0.15) is 0 Å². The minimum Gasteiger partial charge on any atom is -0.383 e. The van der Waals surface area contributed by atoms with E-state index >= 15 is 0 Å². The molecular formula is C20H28F2N4OS. The van der Waals surface area contributed by atoms with Gasteiger partial charge in [0.05, 0.1) is 12.6 Å². The number of nitrogens with zero attached hydrogens (tertiary/aromatic N) is 2. The summed E-state index contributed by atoms with van der Waals surface area (Å²) in [4.78, 5) is 7.03. The molecular weight excluding hydrogens is 382 g/mol. The van der Waals surface area contributed by atoms with Gasteiger partial charge in [0, 0.05) is 23.5 Å². The number of nitrogens with one attached hydrogen (secondary N) is 2. The van der Waals surface area contributed by atoms with Crippen LogP contribution in [-0.2, 0) is 5.60 Å². The molecule has 0 aliphatic rings. The van der Waals surface area contributed by atoms with Gasteiger partial charge in [-0.15, -0.1) is 11.3 Å². The highest BCUT2D eigenvalue weighted by atomic mass is 32.1. The second-order valence-corrected chi connectivity index (χ2v) is 7.89. The zero-order chi connectivity index (χ0) is 20.7. The molecule has 5 nitrogen and oxygen atoms in total. The maximum absolute atomic E-state index is 14.2. The van der Waals surface area contributed by atoms with Crippen LogP contribution in [0.5, 0.6) is 0 Å². The second kappa shape index (κ2) is 9.95. The summed E-state index contributed by atoms with van der Waals surface area (Å²) in [6, 6.07) is 7.09. The van der Waals surface area contributed by atoms with Crippen LogP contribution in [0.1, 0.15) is 30.3 Å². The van der Waals surface area contributed by atoms with Crippen molar-refractivity contribution in [1.29, 1.82) is 0 Å². The van der Waals surface area contributed by atoms with Crippen molar-refractivity contribution < 1.29 is 13.9 Å². The lowest BCUT2D eigenvalue weighted by Gasteiger charge is -2.27. The lowest BCUT2D eigenvalue weighted by Crippen LogP contribution is -2.43. The lowest BCUT2D eigenvalue weighted by molar-refractivity contribution is 0.0711. The molecule has 8 heteroatoms. The zero-order valence-corrected chi connectivity index (χ0v) is 17.5. The molecule has 28 heavy (non-hydrogen) atoms. The Labute approximate surface area is 169 Å². The summed E-state index contributed by atoms with van der Waals surface area (Å²) in [6.45, 7) is 4.66. The molecule has 0 aliphatic heterocycles. The first kappa shape index (κ1) is 22.3. The number of hydrogen-bond acceptors (Lipinski definition) is 4. The van der Waals surface area contributed by atoms with E-state index in [-0.39, 0.29) is 18.7 Å². The molecule has 154 valence electrons. The maximum atomic E-state index is 14.2. The van der Waals surface area contributed by atoms with E-state index in [2.05, 4.69) is 15.6 Å². The fourth-order valence-electron chi connectivity index (χ4n) is 2.80. The molecule has 1 heterocycles. The summed E-state index contributed by atoms with van der Waals surface area (Å²) in [6.07, 6.45) is 0. The maximum Gasteiger partial charge on any atom is 0.191 e. The molecule has 2 aromatic rings. The van der Waals surface area contributed by atoms with E-state index in [9.17, 15) is 13.9 Å². The number of guanidine groups is 1. The van der Waals surface area contributed by atoms with Crippen molar-refractivity contribution in [2.75, 3.05) is 33.7 Å². The fraction of sp³-hybridized carbons (Fsp3) is 0.450. The van der Waals surface area contributed by atoms with Gasteiger partial charge in [-0.3, -0.25) is 0 Å². The molecule has 0 spiro atoms. The molecule has 2 unspecified atom stereocenters. The molecule has 1 aromatic heterocycles. The number of hydrogen-bond donors (Lipinski definition) is 3. The molecule has 0 radical (unpaired) electrons. The second-order valence-electron chi connectivity index (χ2n) is 6.94. The van der Waals surface area contributed by atoms with Crippen LogP contribution in [0.2, 0.25) is 0 Å². The van der Waals surface area contributed by atoms with E-state index in [1.165, 1.54) is 29.5 Å². The molecule has 0 bridgehead atoms. The number of aliphatic hydroxyl groups is 1. The van der Waals surface area contributed by atoms with Crippen LogP contribution in [-0.4, -0.2) is 49.7 Å². The largest absolute Gasteiger partial charge is 0.383 e. The molecule has 0 fully saturated rings. The van der Waals surface area contributed by atoms with Crippen LogP contribution in [0.25, 0.3) is 0 Å². The van der Waals surface area contributed by atoms with Gasteiger partial charge in [-0.05, 0) is 51.5 Å². The first-order chi connectivity index (χ1) is 13.3. The number of rotatable bonds is 8. The minimum atomic E-state index is -1.09. The Morgan fingerprint density at radius 3 is 2.43 bits per heavy atom. The number of benzene rings is 1. The quantitative estimate of drug-likeness (QED) is 0.462. The van der Waals surface area contributed by atoms with E-state index in [0.29, 0.717) is 12.5 Å². The average Bonchev–Trinajstić information content (AvgIpc) is 3.17. The Balaban J connectivity index is 2.14. The van der Waals surface area contributed by atoms with Gasteiger partial charge >= 0.3 is 0 Å². The fourth-order valence-corrected chi connectivity index (χ4v) is 3.58. The third kappa shape index (κ3) is 5.73. The van der Waals surface area contributed by atoms with Crippen LogP contribution in [0.4, 0.5) is 8.78 Å². The van der Waals surface area contributed by atoms with Crippen molar-refractivity contribution in [2.45, 2.75) is 25.5 Å². The van der Waals surface area contributed by atoms with Crippen LogP contribution in [0.3, 0.4) is 0 Å². The van der Waals surface area contributed by atoms with Gasteiger partial charge in [-0.25, -0.2) is 13.8 Å². The first-order valence-corrected chi connectivity index (χ1v) is 10.0. The Morgan fingerprint density at radius 1 is 1.21 bits per heavy atom. The van der Waals surface area contributed by atoms with Gasteiger partial charge in [0.15, 0.2) is 5.96 Å². The smallest absolute Gasteiger partial charge is 0.191 e. The van der Waals surface area contributed by atoms with E-state index < -0.39 is 23.3 Å².